The van der Waals surface area contributed by atoms with Crippen molar-refractivity contribution >= 4 is 27.3 Å². The first-order valence-corrected chi connectivity index (χ1v) is 9.22. The van der Waals surface area contributed by atoms with Crippen molar-refractivity contribution in [1.82, 2.24) is 14.5 Å². The van der Waals surface area contributed by atoms with Gasteiger partial charge in [0.25, 0.3) is 5.91 Å². The van der Waals surface area contributed by atoms with Crippen LogP contribution in [0, 0.1) is 0 Å². The van der Waals surface area contributed by atoms with Gasteiger partial charge < -0.3 is 4.90 Å². The van der Waals surface area contributed by atoms with E-state index in [1.165, 1.54) is 11.3 Å². The average molecular weight is 317 g/mol. The fraction of sp³-hybridized carbons (Fsp3) is 0.583. The van der Waals surface area contributed by atoms with Crippen LogP contribution in [0.15, 0.2) is 17.5 Å². The number of sulfonamides is 1. The summed E-state index contributed by atoms with van der Waals surface area (Å²) in [6.07, 6.45) is 1.16. The predicted octanol–water partition coefficient (Wildman–Crippen LogP) is 0.0551. The number of piperazine rings is 1. The Morgan fingerprint density at radius 1 is 1.35 bits per heavy atom. The van der Waals surface area contributed by atoms with E-state index in [-0.39, 0.29) is 5.91 Å². The highest BCUT2D eigenvalue weighted by Gasteiger charge is 2.22. The second kappa shape index (κ2) is 6.66. The molecule has 1 aromatic rings. The zero-order valence-corrected chi connectivity index (χ0v) is 13.0. The molecule has 6 nitrogen and oxygen atoms in total. The second-order valence-electron chi connectivity index (χ2n) is 4.78. The molecular formula is C12H19N3O3S2. The molecule has 2 rings (SSSR count). The van der Waals surface area contributed by atoms with Crippen molar-refractivity contribution in [2.75, 3.05) is 45.5 Å². The number of carbonyl (C=O) groups excluding carboxylic acids is 1. The summed E-state index contributed by atoms with van der Waals surface area (Å²) in [4.78, 5) is 16.9. The zero-order valence-electron chi connectivity index (χ0n) is 11.4. The minimum absolute atomic E-state index is 0.0916. The van der Waals surface area contributed by atoms with Crippen molar-refractivity contribution < 1.29 is 13.2 Å². The van der Waals surface area contributed by atoms with Crippen LogP contribution in [0.4, 0.5) is 0 Å². The lowest BCUT2D eigenvalue weighted by Crippen LogP contribution is -2.50. The van der Waals surface area contributed by atoms with Crippen molar-refractivity contribution in [3.8, 4) is 0 Å². The van der Waals surface area contributed by atoms with Gasteiger partial charge in [0.1, 0.15) is 0 Å². The molecule has 0 aromatic carbocycles. The van der Waals surface area contributed by atoms with Crippen molar-refractivity contribution in [1.29, 1.82) is 0 Å². The molecule has 1 aromatic heterocycles. The van der Waals surface area contributed by atoms with E-state index < -0.39 is 10.0 Å². The molecule has 0 spiro atoms. The van der Waals surface area contributed by atoms with Gasteiger partial charge in [-0.25, -0.2) is 13.1 Å². The summed E-state index contributed by atoms with van der Waals surface area (Å²) in [7, 11) is -3.12. The fourth-order valence-corrected chi connectivity index (χ4v) is 3.27. The molecule has 1 saturated heterocycles. The quantitative estimate of drug-likeness (QED) is 0.833. The van der Waals surface area contributed by atoms with E-state index in [9.17, 15) is 13.2 Å². The third-order valence-corrected chi connectivity index (χ3v) is 4.77. The molecular weight excluding hydrogens is 298 g/mol. The second-order valence-corrected chi connectivity index (χ2v) is 7.56. The summed E-state index contributed by atoms with van der Waals surface area (Å²) >= 11 is 1.46. The summed E-state index contributed by atoms with van der Waals surface area (Å²) < 4.78 is 24.4. The average Bonchev–Trinajstić information content (AvgIpc) is 2.91. The number of thiophene rings is 1. The lowest BCUT2D eigenvalue weighted by Gasteiger charge is -2.34. The van der Waals surface area contributed by atoms with Gasteiger partial charge in [0.15, 0.2) is 0 Å². The highest BCUT2D eigenvalue weighted by atomic mass is 32.2. The maximum Gasteiger partial charge on any atom is 0.264 e. The van der Waals surface area contributed by atoms with Crippen molar-refractivity contribution in [3.63, 3.8) is 0 Å². The first kappa shape index (κ1) is 15.4. The van der Waals surface area contributed by atoms with E-state index >= 15 is 0 Å². The summed E-state index contributed by atoms with van der Waals surface area (Å²) in [6, 6.07) is 3.72. The Morgan fingerprint density at radius 2 is 2.05 bits per heavy atom. The van der Waals surface area contributed by atoms with E-state index in [1.807, 2.05) is 22.4 Å². The number of nitrogens with zero attached hydrogens (tertiary/aromatic N) is 2. The lowest BCUT2D eigenvalue weighted by atomic mass is 10.3. The lowest BCUT2D eigenvalue weighted by molar-refractivity contribution is 0.0645. The van der Waals surface area contributed by atoms with Crippen LogP contribution in [-0.4, -0.2) is 69.6 Å². The number of amides is 1. The minimum Gasteiger partial charge on any atom is -0.335 e. The summed E-state index contributed by atoms with van der Waals surface area (Å²) in [5.41, 5.74) is 0. The van der Waals surface area contributed by atoms with Gasteiger partial charge in [-0.3, -0.25) is 9.69 Å². The molecule has 1 aliphatic heterocycles. The van der Waals surface area contributed by atoms with Crippen LogP contribution in [-0.2, 0) is 10.0 Å². The highest BCUT2D eigenvalue weighted by Crippen LogP contribution is 2.13. The van der Waals surface area contributed by atoms with Crippen molar-refractivity contribution in [2.24, 2.45) is 0 Å². The SMILES string of the molecule is CS(=O)(=O)NCCN1CCN(C(=O)c2cccs2)CC1. The van der Waals surface area contributed by atoms with Gasteiger partial charge in [0.05, 0.1) is 11.1 Å². The van der Waals surface area contributed by atoms with E-state index in [0.717, 1.165) is 24.2 Å². The summed E-state index contributed by atoms with van der Waals surface area (Å²) in [5, 5.41) is 1.90. The molecule has 1 aliphatic rings. The largest absolute Gasteiger partial charge is 0.335 e. The van der Waals surface area contributed by atoms with Crippen LogP contribution in [0.1, 0.15) is 9.67 Å². The molecule has 20 heavy (non-hydrogen) atoms. The monoisotopic (exact) mass is 317 g/mol. The van der Waals surface area contributed by atoms with Gasteiger partial charge in [-0.1, -0.05) is 6.07 Å². The van der Waals surface area contributed by atoms with Gasteiger partial charge in [-0.15, -0.1) is 11.3 Å². The van der Waals surface area contributed by atoms with Crippen LogP contribution in [0.25, 0.3) is 0 Å². The molecule has 0 unspecified atom stereocenters. The van der Waals surface area contributed by atoms with Crippen LogP contribution in [0.3, 0.4) is 0 Å². The van der Waals surface area contributed by atoms with Gasteiger partial charge in [-0.2, -0.15) is 0 Å². The van der Waals surface area contributed by atoms with Gasteiger partial charge in [0.2, 0.25) is 10.0 Å². The topological polar surface area (TPSA) is 69.7 Å². The maximum absolute atomic E-state index is 12.1. The molecule has 0 saturated carbocycles. The molecule has 1 N–H and O–H groups in total. The van der Waals surface area contributed by atoms with Crippen molar-refractivity contribution in [3.05, 3.63) is 22.4 Å². The van der Waals surface area contributed by atoms with Gasteiger partial charge in [-0.05, 0) is 11.4 Å². The Bertz CT molecular complexity index is 534. The zero-order chi connectivity index (χ0) is 14.6. The van der Waals surface area contributed by atoms with Crippen LogP contribution in [0.2, 0.25) is 0 Å². The molecule has 112 valence electrons. The number of carbonyl (C=O) groups is 1. The first-order valence-electron chi connectivity index (χ1n) is 6.45. The predicted molar refractivity (Wildman–Crippen MR) is 79.5 cm³/mol. The molecule has 0 aliphatic carbocycles. The van der Waals surface area contributed by atoms with E-state index in [4.69, 9.17) is 0 Å². The third kappa shape index (κ3) is 4.55. The maximum atomic E-state index is 12.1. The smallest absolute Gasteiger partial charge is 0.264 e. The van der Waals surface area contributed by atoms with E-state index in [0.29, 0.717) is 26.2 Å². The number of hydrogen-bond acceptors (Lipinski definition) is 5. The van der Waals surface area contributed by atoms with Crippen molar-refractivity contribution in [2.45, 2.75) is 0 Å². The fourth-order valence-electron chi connectivity index (χ4n) is 2.12. The standard InChI is InChI=1S/C12H19N3O3S2/c1-20(17,18)13-4-5-14-6-8-15(9-7-14)12(16)11-3-2-10-19-11/h2-3,10,13H,4-9H2,1H3. The molecule has 8 heteroatoms. The van der Waals surface area contributed by atoms with Gasteiger partial charge >= 0.3 is 0 Å². The normalized spacial score (nSPS) is 17.4. The molecule has 0 radical (unpaired) electrons. The highest BCUT2D eigenvalue weighted by molar-refractivity contribution is 7.88. The molecule has 2 heterocycles. The van der Waals surface area contributed by atoms with E-state index in [1.54, 1.807) is 0 Å². The molecule has 1 fully saturated rings. The molecule has 0 atom stereocenters. The summed E-state index contributed by atoms with van der Waals surface area (Å²) in [5.74, 6) is 0.0916. The number of nitrogens with one attached hydrogen (secondary N) is 1. The Labute approximate surface area is 123 Å². The minimum atomic E-state index is -3.12. The van der Waals surface area contributed by atoms with Gasteiger partial charge in [0, 0.05) is 39.3 Å². The first-order chi connectivity index (χ1) is 9.46. The van der Waals surface area contributed by atoms with Crippen LogP contribution < -0.4 is 4.72 Å². The molecule has 0 bridgehead atoms. The summed E-state index contributed by atoms with van der Waals surface area (Å²) in [6.45, 7) is 4.03. The Balaban J connectivity index is 1.74. The Hall–Kier alpha value is -0.960. The van der Waals surface area contributed by atoms with E-state index in [2.05, 4.69) is 9.62 Å². The third-order valence-electron chi connectivity index (χ3n) is 3.18. The Kier molecular flexibility index (Phi) is 5.14. The number of rotatable bonds is 5. The number of hydrogen-bond donors (Lipinski definition) is 1. The van der Waals surface area contributed by atoms with Crippen LogP contribution in [0.5, 0.6) is 0 Å². The van der Waals surface area contributed by atoms with Crippen LogP contribution >= 0.6 is 11.3 Å². The molecule has 1 amide bonds. The Morgan fingerprint density at radius 3 is 2.60 bits per heavy atom.